The highest BCUT2D eigenvalue weighted by Crippen LogP contribution is 2.35. The average Bonchev–Trinajstić information content (AvgIpc) is 2.79. The molecule has 1 aromatic heterocycles. The predicted molar refractivity (Wildman–Crippen MR) is 84.6 cm³/mol. The van der Waals surface area contributed by atoms with Gasteiger partial charge in [0.25, 0.3) is 0 Å². The zero-order valence-electron chi connectivity index (χ0n) is 12.4. The second kappa shape index (κ2) is 5.05. The maximum atomic E-state index is 6.17. The van der Waals surface area contributed by atoms with Crippen LogP contribution in [-0.4, -0.2) is 22.6 Å². The fraction of sp³-hybridized carbons (Fsp3) is 0.562. The van der Waals surface area contributed by atoms with Gasteiger partial charge < -0.3 is 9.88 Å². The number of aromatic nitrogens is 2. The lowest BCUT2D eigenvalue weighted by molar-refractivity contribution is 0.310. The van der Waals surface area contributed by atoms with Gasteiger partial charge in [-0.15, -0.1) is 0 Å². The summed E-state index contributed by atoms with van der Waals surface area (Å²) in [6.07, 6.45) is 2.39. The Labute approximate surface area is 125 Å². The van der Waals surface area contributed by atoms with Crippen LogP contribution in [0.15, 0.2) is 18.2 Å². The Morgan fingerprint density at radius 2 is 2.20 bits per heavy atom. The molecule has 2 aromatic rings. The number of imidazole rings is 1. The Kier molecular flexibility index (Phi) is 3.51. The summed E-state index contributed by atoms with van der Waals surface area (Å²) in [4.78, 5) is 4.93. The largest absolute Gasteiger partial charge is 0.325 e. The molecule has 4 heteroatoms. The van der Waals surface area contributed by atoms with Crippen molar-refractivity contribution < 1.29 is 0 Å². The van der Waals surface area contributed by atoms with Crippen LogP contribution in [-0.2, 0) is 5.41 Å². The topological polar surface area (TPSA) is 29.9 Å². The lowest BCUT2D eigenvalue weighted by Crippen LogP contribution is -2.43. The highest BCUT2D eigenvalue weighted by atomic mass is 35.5. The van der Waals surface area contributed by atoms with Gasteiger partial charge in [-0.3, -0.25) is 0 Å². The van der Waals surface area contributed by atoms with Crippen LogP contribution < -0.4 is 5.32 Å². The van der Waals surface area contributed by atoms with E-state index in [4.69, 9.17) is 16.6 Å². The molecule has 0 radical (unpaired) electrons. The molecule has 1 fully saturated rings. The van der Waals surface area contributed by atoms with Gasteiger partial charge in [-0.1, -0.05) is 18.5 Å². The van der Waals surface area contributed by atoms with E-state index in [2.05, 4.69) is 30.7 Å². The molecule has 1 aliphatic rings. The second-order valence-electron chi connectivity index (χ2n) is 6.37. The van der Waals surface area contributed by atoms with Crippen molar-refractivity contribution in [2.24, 2.45) is 0 Å². The SMILES string of the molecule is CC(C)n1c(C2(C)CCCNC2)nc2ccc(Cl)cc21. The first-order chi connectivity index (χ1) is 9.51. The Hall–Kier alpha value is -1.06. The summed E-state index contributed by atoms with van der Waals surface area (Å²) in [5.41, 5.74) is 2.30. The van der Waals surface area contributed by atoms with Gasteiger partial charge in [0.05, 0.1) is 11.0 Å². The Balaban J connectivity index is 2.21. The van der Waals surface area contributed by atoms with Gasteiger partial charge >= 0.3 is 0 Å². The predicted octanol–water partition coefficient (Wildman–Crippen LogP) is 3.91. The number of nitrogens with zero attached hydrogens (tertiary/aromatic N) is 2. The quantitative estimate of drug-likeness (QED) is 0.909. The van der Waals surface area contributed by atoms with Crippen molar-refractivity contribution in [1.29, 1.82) is 0 Å². The van der Waals surface area contributed by atoms with Crippen LogP contribution in [0.5, 0.6) is 0 Å². The van der Waals surface area contributed by atoms with Crippen LogP contribution in [0.25, 0.3) is 11.0 Å². The zero-order valence-corrected chi connectivity index (χ0v) is 13.2. The van der Waals surface area contributed by atoms with Crippen molar-refractivity contribution in [3.63, 3.8) is 0 Å². The molecule has 20 heavy (non-hydrogen) atoms. The molecule has 0 aliphatic carbocycles. The number of fused-ring (bicyclic) bond motifs is 1. The molecular formula is C16H22ClN3. The highest BCUT2D eigenvalue weighted by Gasteiger charge is 2.34. The molecule has 3 rings (SSSR count). The summed E-state index contributed by atoms with van der Waals surface area (Å²) in [6.45, 7) is 8.86. The number of hydrogen-bond acceptors (Lipinski definition) is 2. The number of halogens is 1. The van der Waals surface area contributed by atoms with Gasteiger partial charge in [-0.05, 0) is 51.4 Å². The Morgan fingerprint density at radius 3 is 2.85 bits per heavy atom. The summed E-state index contributed by atoms with van der Waals surface area (Å²) in [5, 5.41) is 4.29. The molecule has 3 nitrogen and oxygen atoms in total. The van der Waals surface area contributed by atoms with Gasteiger partial charge in [-0.25, -0.2) is 4.98 Å². The standard InChI is InChI=1S/C16H22ClN3/c1-11(2)20-14-9-12(17)5-6-13(14)19-15(20)16(3)7-4-8-18-10-16/h5-6,9,11,18H,4,7-8,10H2,1-3H3. The number of hydrogen-bond donors (Lipinski definition) is 1. The fourth-order valence-corrected chi connectivity index (χ4v) is 3.43. The molecule has 1 aromatic carbocycles. The third-order valence-electron chi connectivity index (χ3n) is 4.31. The molecule has 1 atom stereocenters. The maximum Gasteiger partial charge on any atom is 0.117 e. The summed E-state index contributed by atoms with van der Waals surface area (Å²) in [7, 11) is 0. The monoisotopic (exact) mass is 291 g/mol. The minimum absolute atomic E-state index is 0.105. The van der Waals surface area contributed by atoms with E-state index in [1.165, 1.54) is 18.7 Å². The van der Waals surface area contributed by atoms with Crippen LogP contribution in [0.2, 0.25) is 5.02 Å². The minimum atomic E-state index is 0.105. The van der Waals surface area contributed by atoms with Crippen molar-refractivity contribution in [1.82, 2.24) is 14.9 Å². The van der Waals surface area contributed by atoms with E-state index in [1.807, 2.05) is 18.2 Å². The van der Waals surface area contributed by atoms with E-state index >= 15 is 0 Å². The molecule has 1 N–H and O–H groups in total. The van der Waals surface area contributed by atoms with E-state index in [9.17, 15) is 0 Å². The van der Waals surface area contributed by atoms with Crippen molar-refractivity contribution in [2.75, 3.05) is 13.1 Å². The molecule has 0 spiro atoms. The van der Waals surface area contributed by atoms with Gasteiger partial charge in [0.1, 0.15) is 5.82 Å². The summed E-state index contributed by atoms with van der Waals surface area (Å²) >= 11 is 6.17. The van der Waals surface area contributed by atoms with Crippen LogP contribution in [0.4, 0.5) is 0 Å². The molecule has 1 unspecified atom stereocenters. The normalized spacial score (nSPS) is 23.6. The molecule has 0 amide bonds. The zero-order chi connectivity index (χ0) is 14.3. The number of benzene rings is 1. The number of nitrogens with one attached hydrogen (secondary N) is 1. The van der Waals surface area contributed by atoms with Crippen LogP contribution >= 0.6 is 11.6 Å². The van der Waals surface area contributed by atoms with Gasteiger partial charge in [-0.2, -0.15) is 0 Å². The van der Waals surface area contributed by atoms with E-state index < -0.39 is 0 Å². The lowest BCUT2D eigenvalue weighted by atomic mass is 9.81. The third-order valence-corrected chi connectivity index (χ3v) is 4.54. The highest BCUT2D eigenvalue weighted by molar-refractivity contribution is 6.31. The summed E-state index contributed by atoms with van der Waals surface area (Å²) in [6, 6.07) is 6.37. The second-order valence-corrected chi connectivity index (χ2v) is 6.81. The number of rotatable bonds is 2. The molecule has 1 saturated heterocycles. The van der Waals surface area contributed by atoms with Crippen LogP contribution in [0.3, 0.4) is 0 Å². The molecule has 1 aliphatic heterocycles. The lowest BCUT2D eigenvalue weighted by Gasteiger charge is -2.34. The number of piperidine rings is 1. The van der Waals surface area contributed by atoms with Crippen molar-refractivity contribution in [3.05, 3.63) is 29.0 Å². The van der Waals surface area contributed by atoms with Crippen LogP contribution in [0.1, 0.15) is 45.5 Å². The van der Waals surface area contributed by atoms with Crippen molar-refractivity contribution in [3.8, 4) is 0 Å². The first-order valence-corrected chi connectivity index (χ1v) is 7.78. The van der Waals surface area contributed by atoms with E-state index in [1.54, 1.807) is 0 Å². The van der Waals surface area contributed by atoms with Crippen molar-refractivity contribution in [2.45, 2.75) is 45.1 Å². The first kappa shape index (κ1) is 13.9. The molecule has 108 valence electrons. The van der Waals surface area contributed by atoms with Crippen LogP contribution in [0, 0.1) is 0 Å². The van der Waals surface area contributed by atoms with Gasteiger partial charge in [0.2, 0.25) is 0 Å². The fourth-order valence-electron chi connectivity index (χ4n) is 3.26. The summed E-state index contributed by atoms with van der Waals surface area (Å²) < 4.78 is 2.36. The van der Waals surface area contributed by atoms with Gasteiger partial charge in [0, 0.05) is 23.0 Å². The Bertz CT molecular complexity index is 624. The first-order valence-electron chi connectivity index (χ1n) is 7.40. The van der Waals surface area contributed by atoms with E-state index in [-0.39, 0.29) is 5.41 Å². The van der Waals surface area contributed by atoms with E-state index in [0.29, 0.717) is 6.04 Å². The smallest absolute Gasteiger partial charge is 0.117 e. The third kappa shape index (κ3) is 2.23. The summed E-state index contributed by atoms with van der Waals surface area (Å²) in [5.74, 6) is 1.19. The molecule has 0 saturated carbocycles. The molecule has 2 heterocycles. The molecular weight excluding hydrogens is 270 g/mol. The van der Waals surface area contributed by atoms with E-state index in [0.717, 1.165) is 29.1 Å². The van der Waals surface area contributed by atoms with Crippen molar-refractivity contribution >= 4 is 22.6 Å². The minimum Gasteiger partial charge on any atom is -0.325 e. The maximum absolute atomic E-state index is 6.17. The average molecular weight is 292 g/mol. The van der Waals surface area contributed by atoms with Gasteiger partial charge in [0.15, 0.2) is 0 Å². The molecule has 0 bridgehead atoms. The Morgan fingerprint density at radius 1 is 1.40 bits per heavy atom.